The highest BCUT2D eigenvalue weighted by Crippen LogP contribution is 2.35. The molecule has 1 heterocycles. The molecule has 2 rings (SSSR count). The van der Waals surface area contributed by atoms with Gasteiger partial charge in [0.1, 0.15) is 17.0 Å². The summed E-state index contributed by atoms with van der Waals surface area (Å²) in [5, 5.41) is 6.34. The van der Waals surface area contributed by atoms with Crippen molar-refractivity contribution in [3.63, 3.8) is 0 Å². The van der Waals surface area contributed by atoms with Crippen LogP contribution in [0.15, 0.2) is 18.2 Å². The minimum atomic E-state index is -0.476. The van der Waals surface area contributed by atoms with Gasteiger partial charge in [-0.15, -0.1) is 0 Å². The van der Waals surface area contributed by atoms with E-state index in [0.29, 0.717) is 6.54 Å². The van der Waals surface area contributed by atoms with Crippen LogP contribution >= 0.6 is 0 Å². The molecule has 0 fully saturated rings. The number of hydrogen-bond acceptors (Lipinski definition) is 4. The van der Waals surface area contributed by atoms with Gasteiger partial charge in [-0.1, -0.05) is 19.1 Å². The lowest BCUT2D eigenvalue weighted by Crippen LogP contribution is -2.43. The molecule has 1 aliphatic rings. The topological polar surface area (TPSA) is 59.6 Å². The number of alkyl carbamates (subject to hydrolysis) is 1. The van der Waals surface area contributed by atoms with Gasteiger partial charge in [-0.05, 0) is 58.2 Å². The molecule has 0 bridgehead atoms. The van der Waals surface area contributed by atoms with Crippen molar-refractivity contribution in [3.05, 3.63) is 29.3 Å². The number of amides is 1. The molecule has 1 aromatic rings. The van der Waals surface area contributed by atoms with Gasteiger partial charge in [0.05, 0.1) is 0 Å². The SMILES string of the molecule is CCC(CNCc1ccc2c(c1)CC(C)(C)O2)NC(=O)OC(C)(C)C. The maximum atomic E-state index is 11.9. The lowest BCUT2D eigenvalue weighted by Gasteiger charge is -2.23. The maximum absolute atomic E-state index is 11.9. The third kappa shape index (κ3) is 6.24. The molecule has 0 aliphatic carbocycles. The number of nitrogens with one attached hydrogen (secondary N) is 2. The van der Waals surface area contributed by atoms with Crippen LogP contribution in [0.4, 0.5) is 4.79 Å². The summed E-state index contributed by atoms with van der Waals surface area (Å²) in [6.45, 7) is 13.3. The van der Waals surface area contributed by atoms with Crippen molar-refractivity contribution < 1.29 is 14.3 Å². The Morgan fingerprint density at radius 3 is 2.72 bits per heavy atom. The smallest absolute Gasteiger partial charge is 0.407 e. The second kappa shape index (κ2) is 7.65. The minimum Gasteiger partial charge on any atom is -0.487 e. The van der Waals surface area contributed by atoms with E-state index in [9.17, 15) is 4.79 Å². The summed E-state index contributed by atoms with van der Waals surface area (Å²) in [4.78, 5) is 11.9. The number of benzene rings is 1. The number of hydrogen-bond donors (Lipinski definition) is 2. The Morgan fingerprint density at radius 1 is 1.36 bits per heavy atom. The molecule has 0 radical (unpaired) electrons. The standard InChI is InChI=1S/C20H32N2O3/c1-7-16(22-18(23)25-19(2,3)4)13-21-12-14-8-9-17-15(10-14)11-20(5,6)24-17/h8-10,16,21H,7,11-13H2,1-6H3,(H,22,23). The van der Waals surface area contributed by atoms with Gasteiger partial charge in [0, 0.05) is 25.6 Å². The predicted molar refractivity (Wildman–Crippen MR) is 100 cm³/mol. The number of carbonyl (C=O) groups excluding carboxylic acids is 1. The van der Waals surface area contributed by atoms with Crippen LogP contribution in [-0.4, -0.2) is 29.9 Å². The van der Waals surface area contributed by atoms with E-state index in [1.165, 1.54) is 11.1 Å². The first-order chi connectivity index (χ1) is 11.6. The van der Waals surface area contributed by atoms with Gasteiger partial charge >= 0.3 is 6.09 Å². The van der Waals surface area contributed by atoms with E-state index >= 15 is 0 Å². The van der Waals surface area contributed by atoms with E-state index in [0.717, 1.165) is 25.1 Å². The third-order valence-electron chi connectivity index (χ3n) is 4.06. The number of rotatable bonds is 6. The first kappa shape index (κ1) is 19.6. The summed E-state index contributed by atoms with van der Waals surface area (Å²) in [5.74, 6) is 0.992. The summed E-state index contributed by atoms with van der Waals surface area (Å²) < 4.78 is 11.2. The fourth-order valence-electron chi connectivity index (χ4n) is 2.94. The van der Waals surface area contributed by atoms with Gasteiger partial charge in [0.15, 0.2) is 0 Å². The summed E-state index contributed by atoms with van der Waals surface area (Å²) in [7, 11) is 0. The van der Waals surface area contributed by atoms with E-state index in [1.807, 2.05) is 20.8 Å². The predicted octanol–water partition coefficient (Wildman–Crippen LogP) is 3.79. The quantitative estimate of drug-likeness (QED) is 0.821. The largest absolute Gasteiger partial charge is 0.487 e. The van der Waals surface area contributed by atoms with E-state index in [2.05, 4.69) is 49.6 Å². The highest BCUT2D eigenvalue weighted by molar-refractivity contribution is 5.68. The van der Waals surface area contributed by atoms with Crippen molar-refractivity contribution in [2.75, 3.05) is 6.54 Å². The zero-order chi connectivity index (χ0) is 18.7. The Balaban J connectivity index is 1.81. The molecule has 0 spiro atoms. The molecule has 1 aromatic carbocycles. The third-order valence-corrected chi connectivity index (χ3v) is 4.06. The van der Waals surface area contributed by atoms with Crippen LogP contribution in [0, 0.1) is 0 Å². The van der Waals surface area contributed by atoms with Crippen molar-refractivity contribution in [2.24, 2.45) is 0 Å². The van der Waals surface area contributed by atoms with Crippen LogP contribution in [0.2, 0.25) is 0 Å². The first-order valence-corrected chi connectivity index (χ1v) is 9.09. The molecule has 1 aliphatic heterocycles. The molecular weight excluding hydrogens is 316 g/mol. The van der Waals surface area contributed by atoms with Gasteiger partial charge in [0.2, 0.25) is 0 Å². The zero-order valence-corrected chi connectivity index (χ0v) is 16.4. The van der Waals surface area contributed by atoms with Crippen LogP contribution in [0.5, 0.6) is 5.75 Å². The second-order valence-corrected chi connectivity index (χ2v) is 8.36. The molecule has 0 aromatic heterocycles. The second-order valence-electron chi connectivity index (χ2n) is 8.36. The van der Waals surface area contributed by atoms with Gasteiger partial charge in [-0.25, -0.2) is 4.79 Å². The van der Waals surface area contributed by atoms with Gasteiger partial charge in [0.25, 0.3) is 0 Å². The average molecular weight is 348 g/mol. The summed E-state index contributed by atoms with van der Waals surface area (Å²) in [6.07, 6.45) is 1.42. The fraction of sp³-hybridized carbons (Fsp3) is 0.650. The average Bonchev–Trinajstić information content (AvgIpc) is 2.77. The molecule has 5 heteroatoms. The van der Waals surface area contributed by atoms with Crippen LogP contribution in [0.25, 0.3) is 0 Å². The molecule has 1 unspecified atom stereocenters. The van der Waals surface area contributed by atoms with Crippen molar-refractivity contribution in [1.29, 1.82) is 0 Å². The molecule has 0 saturated carbocycles. The minimum absolute atomic E-state index is 0.0477. The van der Waals surface area contributed by atoms with E-state index in [4.69, 9.17) is 9.47 Å². The lowest BCUT2D eigenvalue weighted by atomic mass is 10.0. The summed E-state index contributed by atoms with van der Waals surface area (Å²) in [6, 6.07) is 6.40. The Hall–Kier alpha value is -1.75. The van der Waals surface area contributed by atoms with Crippen LogP contribution in [0.1, 0.15) is 59.1 Å². The number of fused-ring (bicyclic) bond motifs is 1. The molecule has 1 atom stereocenters. The van der Waals surface area contributed by atoms with E-state index in [-0.39, 0.29) is 17.7 Å². The fourth-order valence-corrected chi connectivity index (χ4v) is 2.94. The summed E-state index contributed by atoms with van der Waals surface area (Å²) in [5.41, 5.74) is 1.91. The lowest BCUT2D eigenvalue weighted by molar-refractivity contribution is 0.0502. The highest BCUT2D eigenvalue weighted by atomic mass is 16.6. The van der Waals surface area contributed by atoms with Crippen molar-refractivity contribution in [2.45, 2.75) is 78.2 Å². The Kier molecular flexibility index (Phi) is 5.99. The molecule has 0 saturated heterocycles. The Labute approximate surface area is 151 Å². The van der Waals surface area contributed by atoms with Gasteiger partial charge in [-0.2, -0.15) is 0 Å². The number of ether oxygens (including phenoxy) is 2. The molecule has 2 N–H and O–H groups in total. The monoisotopic (exact) mass is 348 g/mol. The highest BCUT2D eigenvalue weighted by Gasteiger charge is 2.29. The van der Waals surface area contributed by atoms with Gasteiger partial charge in [-0.3, -0.25) is 0 Å². The van der Waals surface area contributed by atoms with Crippen molar-refractivity contribution >= 4 is 6.09 Å². The van der Waals surface area contributed by atoms with E-state index < -0.39 is 5.60 Å². The zero-order valence-electron chi connectivity index (χ0n) is 16.4. The Morgan fingerprint density at radius 2 is 2.08 bits per heavy atom. The molecule has 1 amide bonds. The molecule has 140 valence electrons. The molecule has 25 heavy (non-hydrogen) atoms. The van der Waals surface area contributed by atoms with Crippen molar-refractivity contribution in [3.8, 4) is 5.75 Å². The normalized spacial score (nSPS) is 16.7. The summed E-state index contributed by atoms with van der Waals surface area (Å²) >= 11 is 0. The first-order valence-electron chi connectivity index (χ1n) is 9.09. The molecular formula is C20H32N2O3. The maximum Gasteiger partial charge on any atom is 0.407 e. The number of carbonyl (C=O) groups is 1. The van der Waals surface area contributed by atoms with Gasteiger partial charge < -0.3 is 20.1 Å². The molecule has 5 nitrogen and oxygen atoms in total. The van der Waals surface area contributed by atoms with Crippen LogP contribution in [-0.2, 0) is 17.7 Å². The van der Waals surface area contributed by atoms with E-state index in [1.54, 1.807) is 0 Å². The van der Waals surface area contributed by atoms with Crippen molar-refractivity contribution in [1.82, 2.24) is 10.6 Å². The van der Waals surface area contributed by atoms with Crippen LogP contribution in [0.3, 0.4) is 0 Å². The Bertz CT molecular complexity index is 605. The van der Waals surface area contributed by atoms with Crippen LogP contribution < -0.4 is 15.4 Å².